The molecule has 21 heavy (non-hydrogen) atoms. The van der Waals surface area contributed by atoms with Gasteiger partial charge in [0.2, 0.25) is 0 Å². The molecule has 1 aromatic rings. The number of hydrogen-bond acceptors (Lipinski definition) is 3. The molecule has 0 fully saturated rings. The van der Waals surface area contributed by atoms with Gasteiger partial charge in [0.25, 0.3) is 5.91 Å². The number of rotatable bonds is 8. The maximum atomic E-state index is 11.9. The van der Waals surface area contributed by atoms with Crippen molar-refractivity contribution < 1.29 is 9.53 Å². The minimum atomic E-state index is -0.0956. The zero-order valence-electron chi connectivity index (χ0n) is 12.6. The molecule has 1 amide bonds. The van der Waals surface area contributed by atoms with Gasteiger partial charge in [-0.05, 0) is 69.4 Å². The van der Waals surface area contributed by atoms with Crippen molar-refractivity contribution in [2.45, 2.75) is 39.3 Å². The summed E-state index contributed by atoms with van der Waals surface area (Å²) in [5, 5.41) is 6.05. The summed E-state index contributed by atoms with van der Waals surface area (Å²) >= 11 is 6.96. The Labute approximate surface area is 143 Å². The van der Waals surface area contributed by atoms with Crippen LogP contribution < -0.4 is 15.4 Å². The molecule has 0 heterocycles. The fourth-order valence-corrected chi connectivity index (χ4v) is 3.47. The number of halogens is 2. The molecule has 0 saturated heterocycles. The van der Waals surface area contributed by atoms with E-state index in [0.717, 1.165) is 33.9 Å². The average Bonchev–Trinajstić information content (AvgIpc) is 2.44. The number of amides is 1. The topological polar surface area (TPSA) is 50.4 Å². The van der Waals surface area contributed by atoms with E-state index in [9.17, 15) is 4.79 Å². The molecule has 2 N–H and O–H groups in total. The number of nitrogens with one attached hydrogen (secondary N) is 2. The van der Waals surface area contributed by atoms with E-state index < -0.39 is 0 Å². The Morgan fingerprint density at radius 1 is 1.24 bits per heavy atom. The number of hydrogen-bond donors (Lipinski definition) is 2. The lowest BCUT2D eigenvalue weighted by atomic mass is 10.2. The lowest BCUT2D eigenvalue weighted by Gasteiger charge is -2.16. The second-order valence-corrected chi connectivity index (χ2v) is 6.50. The smallest absolute Gasteiger partial charge is 0.258 e. The first-order valence-electron chi connectivity index (χ1n) is 7.06. The molecule has 0 spiro atoms. The van der Waals surface area contributed by atoms with Gasteiger partial charge in [-0.3, -0.25) is 4.79 Å². The molecule has 0 atom stereocenters. The van der Waals surface area contributed by atoms with Crippen LogP contribution in [0.1, 0.15) is 32.3 Å². The van der Waals surface area contributed by atoms with Crippen LogP contribution in [0.3, 0.4) is 0 Å². The first-order chi connectivity index (χ1) is 10.0. The predicted octanol–water partition coefficient (Wildman–Crippen LogP) is 3.61. The SMILES string of the molecule is CCC(CC)NC(=O)COc1c(Br)cc(CNC)cc1Br. The Hall–Kier alpha value is -0.590. The largest absolute Gasteiger partial charge is 0.481 e. The second kappa shape index (κ2) is 9.43. The molecule has 0 aliphatic carbocycles. The summed E-state index contributed by atoms with van der Waals surface area (Å²) in [4.78, 5) is 11.9. The summed E-state index contributed by atoms with van der Waals surface area (Å²) in [6, 6.07) is 4.18. The van der Waals surface area contributed by atoms with E-state index in [2.05, 4.69) is 56.3 Å². The third-order valence-electron chi connectivity index (χ3n) is 3.14. The highest BCUT2D eigenvalue weighted by atomic mass is 79.9. The van der Waals surface area contributed by atoms with Gasteiger partial charge in [-0.15, -0.1) is 0 Å². The molecule has 6 heteroatoms. The Kier molecular flexibility index (Phi) is 8.29. The summed E-state index contributed by atoms with van der Waals surface area (Å²) in [7, 11) is 1.90. The fraction of sp³-hybridized carbons (Fsp3) is 0.533. The highest BCUT2D eigenvalue weighted by molar-refractivity contribution is 9.11. The van der Waals surface area contributed by atoms with Crippen molar-refractivity contribution in [2.24, 2.45) is 0 Å². The summed E-state index contributed by atoms with van der Waals surface area (Å²) in [5.41, 5.74) is 1.13. The molecular weight excluding hydrogens is 400 g/mol. The Morgan fingerprint density at radius 3 is 2.29 bits per heavy atom. The lowest BCUT2D eigenvalue weighted by Crippen LogP contribution is -2.37. The third-order valence-corrected chi connectivity index (χ3v) is 4.32. The van der Waals surface area contributed by atoms with E-state index in [1.807, 2.05) is 19.2 Å². The normalized spacial score (nSPS) is 10.8. The van der Waals surface area contributed by atoms with Crippen LogP contribution >= 0.6 is 31.9 Å². The number of ether oxygens (including phenoxy) is 1. The van der Waals surface area contributed by atoms with Gasteiger partial charge >= 0.3 is 0 Å². The Morgan fingerprint density at radius 2 is 1.81 bits per heavy atom. The van der Waals surface area contributed by atoms with E-state index >= 15 is 0 Å². The van der Waals surface area contributed by atoms with E-state index in [1.54, 1.807) is 0 Å². The van der Waals surface area contributed by atoms with Crippen molar-refractivity contribution in [2.75, 3.05) is 13.7 Å². The van der Waals surface area contributed by atoms with Gasteiger partial charge in [-0.1, -0.05) is 13.8 Å². The van der Waals surface area contributed by atoms with Gasteiger partial charge in [-0.25, -0.2) is 0 Å². The molecule has 1 aromatic carbocycles. The fourth-order valence-electron chi connectivity index (χ4n) is 1.96. The molecular formula is C15H22Br2N2O2. The predicted molar refractivity (Wildman–Crippen MR) is 92.6 cm³/mol. The van der Waals surface area contributed by atoms with Crippen LogP contribution in [0.25, 0.3) is 0 Å². The van der Waals surface area contributed by atoms with Gasteiger partial charge in [0.15, 0.2) is 6.61 Å². The highest BCUT2D eigenvalue weighted by Crippen LogP contribution is 2.34. The zero-order valence-corrected chi connectivity index (χ0v) is 15.8. The third kappa shape index (κ3) is 5.96. The molecule has 0 radical (unpaired) electrons. The van der Waals surface area contributed by atoms with E-state index in [0.29, 0.717) is 5.75 Å². The average molecular weight is 422 g/mol. The molecule has 1 rings (SSSR count). The molecule has 0 unspecified atom stereocenters. The molecule has 118 valence electrons. The van der Waals surface area contributed by atoms with Crippen molar-refractivity contribution in [1.82, 2.24) is 10.6 Å². The molecule has 0 aliphatic heterocycles. The first kappa shape index (κ1) is 18.5. The lowest BCUT2D eigenvalue weighted by molar-refractivity contribution is -0.123. The van der Waals surface area contributed by atoms with E-state index in [1.165, 1.54) is 0 Å². The van der Waals surface area contributed by atoms with Crippen LogP contribution in [-0.2, 0) is 11.3 Å². The summed E-state index contributed by atoms with van der Waals surface area (Å²) in [6.45, 7) is 4.90. The van der Waals surface area contributed by atoms with Crippen molar-refractivity contribution in [3.05, 3.63) is 26.6 Å². The van der Waals surface area contributed by atoms with Gasteiger partial charge in [0.1, 0.15) is 5.75 Å². The number of carbonyl (C=O) groups is 1. The minimum absolute atomic E-state index is 0.0130. The van der Waals surface area contributed by atoms with Crippen molar-refractivity contribution in [3.8, 4) is 5.75 Å². The van der Waals surface area contributed by atoms with E-state index in [4.69, 9.17) is 4.74 Å². The van der Waals surface area contributed by atoms with Crippen LogP contribution in [0.15, 0.2) is 21.1 Å². The highest BCUT2D eigenvalue weighted by Gasteiger charge is 2.13. The number of carbonyl (C=O) groups excluding carboxylic acids is 1. The molecule has 0 saturated carbocycles. The first-order valence-corrected chi connectivity index (χ1v) is 8.65. The van der Waals surface area contributed by atoms with Crippen molar-refractivity contribution in [1.29, 1.82) is 0 Å². The standard InChI is InChI=1S/C15H22Br2N2O2/c1-4-11(5-2)19-14(20)9-21-15-12(16)6-10(8-18-3)7-13(15)17/h6-7,11,18H,4-5,8-9H2,1-3H3,(H,19,20). The molecule has 0 aliphatic rings. The van der Waals surface area contributed by atoms with Gasteiger partial charge < -0.3 is 15.4 Å². The van der Waals surface area contributed by atoms with E-state index in [-0.39, 0.29) is 18.6 Å². The minimum Gasteiger partial charge on any atom is -0.481 e. The maximum absolute atomic E-state index is 11.9. The molecule has 0 bridgehead atoms. The summed E-state index contributed by atoms with van der Waals surface area (Å²) in [5.74, 6) is 0.552. The molecule has 4 nitrogen and oxygen atoms in total. The maximum Gasteiger partial charge on any atom is 0.258 e. The summed E-state index contributed by atoms with van der Waals surface area (Å²) < 4.78 is 7.29. The van der Waals surface area contributed by atoms with Crippen LogP contribution in [0, 0.1) is 0 Å². The second-order valence-electron chi connectivity index (χ2n) is 4.79. The number of benzene rings is 1. The quantitative estimate of drug-likeness (QED) is 0.673. The Bertz CT molecular complexity index is 454. The zero-order chi connectivity index (χ0) is 15.8. The van der Waals surface area contributed by atoms with Gasteiger partial charge in [0.05, 0.1) is 8.95 Å². The van der Waals surface area contributed by atoms with Gasteiger partial charge in [0, 0.05) is 12.6 Å². The van der Waals surface area contributed by atoms with Crippen LogP contribution in [-0.4, -0.2) is 25.6 Å². The van der Waals surface area contributed by atoms with Crippen molar-refractivity contribution >= 4 is 37.8 Å². The molecule has 0 aromatic heterocycles. The monoisotopic (exact) mass is 420 g/mol. The van der Waals surface area contributed by atoms with Crippen LogP contribution in [0.2, 0.25) is 0 Å². The van der Waals surface area contributed by atoms with Crippen molar-refractivity contribution in [3.63, 3.8) is 0 Å². The van der Waals surface area contributed by atoms with Crippen LogP contribution in [0.5, 0.6) is 5.75 Å². The Balaban J connectivity index is 2.65. The summed E-state index contributed by atoms with van der Waals surface area (Å²) in [6.07, 6.45) is 1.85. The van der Waals surface area contributed by atoms with Gasteiger partial charge in [-0.2, -0.15) is 0 Å². The van der Waals surface area contributed by atoms with Crippen LogP contribution in [0.4, 0.5) is 0 Å².